The van der Waals surface area contributed by atoms with E-state index in [2.05, 4.69) is 47.6 Å². The van der Waals surface area contributed by atoms with Gasteiger partial charge >= 0.3 is 91.1 Å². The largest absolute Gasteiger partial charge is 1.00 e. The molecule has 31 heteroatoms. The van der Waals surface area contributed by atoms with E-state index in [1.165, 1.54) is 52.0 Å². The van der Waals surface area contributed by atoms with Crippen molar-refractivity contribution in [2.24, 2.45) is 0 Å². The van der Waals surface area contributed by atoms with E-state index in [1.807, 2.05) is 48.5 Å². The van der Waals surface area contributed by atoms with Gasteiger partial charge in [-0.25, -0.2) is 56.9 Å². The Morgan fingerprint density at radius 3 is 1.09 bits per heavy atom. The van der Waals surface area contributed by atoms with Crippen LogP contribution in [0, 0.1) is 0 Å². The SMILES string of the molecule is CC(C)(C)OC(=O)OC(=O)OC(C)(C)C.CC(C)(C)OC(=O)n1c(C(=O)O)cc2cc(C3CC3)ccc21.CCOC(=O)c1cc2cc(Br)ccc2[nH]1.CCOC(=O)c1cc2cc(Br)ccc2n1C(=O)OC(C)(C)C.CCOC(=O)c1cc2cc(C3CC3)ccc2n1C(=O)OC(C)(C)C.CO.OB(O)C1CC1.[Na+].[OH-]. The van der Waals surface area contributed by atoms with E-state index in [-0.39, 0.29) is 77.1 Å². The molecule has 584 valence electrons. The van der Waals surface area contributed by atoms with Crippen LogP contribution in [0.4, 0.5) is 24.0 Å². The Morgan fingerprint density at radius 2 is 0.769 bits per heavy atom. The number of H-pyrrole nitrogens is 1. The molecule has 0 spiro atoms. The maximum Gasteiger partial charge on any atom is 1.00 e. The summed E-state index contributed by atoms with van der Waals surface area (Å²) in [6.45, 7) is 32.1. The van der Waals surface area contributed by atoms with Crippen molar-refractivity contribution in [1.82, 2.24) is 18.7 Å². The molecule has 0 aliphatic heterocycles. The second-order valence-electron chi connectivity index (χ2n) is 29.6. The summed E-state index contributed by atoms with van der Waals surface area (Å²) in [6.07, 6.45) is 2.77. The fourth-order valence-electron chi connectivity index (χ4n) is 9.80. The normalized spacial score (nSPS) is 13.0. The molecular weight excluding hydrogens is 1540 g/mol. The van der Waals surface area contributed by atoms with Crippen LogP contribution in [0.15, 0.2) is 106 Å². The van der Waals surface area contributed by atoms with E-state index in [0.717, 1.165) is 60.5 Å². The fraction of sp³-hybridized carbons (Fsp3) is 0.468. The zero-order valence-corrected chi connectivity index (χ0v) is 70.3. The number of carbonyl (C=O) groups is 9. The first-order valence-corrected chi connectivity index (χ1v) is 36.2. The molecule has 0 radical (unpaired) electrons. The van der Waals surface area contributed by atoms with Gasteiger partial charge in [-0.1, -0.05) is 56.8 Å². The Hall–Kier alpha value is -8.07. The molecule has 0 atom stereocenters. The Morgan fingerprint density at radius 1 is 0.444 bits per heavy atom. The third-order valence-corrected chi connectivity index (χ3v) is 15.5. The Bertz CT molecular complexity index is 4410. The van der Waals surface area contributed by atoms with E-state index >= 15 is 0 Å². The summed E-state index contributed by atoms with van der Waals surface area (Å²) in [5.74, 6) is -1.15. The summed E-state index contributed by atoms with van der Waals surface area (Å²) in [5.41, 5.74) is 2.61. The smallest absolute Gasteiger partial charge is 0.870 e. The van der Waals surface area contributed by atoms with Crippen LogP contribution in [-0.4, -0.2) is 161 Å². The summed E-state index contributed by atoms with van der Waals surface area (Å²) in [6, 6.07) is 29.6. The Kier molecular flexibility index (Phi) is 35.4. The molecule has 0 saturated heterocycles. The first-order chi connectivity index (χ1) is 49.3. The number of aromatic amines is 1. The number of halogens is 2. The van der Waals surface area contributed by atoms with Gasteiger partial charge in [-0.15, -0.1) is 0 Å². The van der Waals surface area contributed by atoms with Gasteiger partial charge in [0.1, 0.15) is 50.8 Å². The van der Waals surface area contributed by atoms with Crippen molar-refractivity contribution >= 4 is 137 Å². The monoisotopic (exact) mass is 1640 g/mol. The molecule has 4 heterocycles. The molecule has 3 aliphatic carbocycles. The number of aliphatic hydroxyl groups is 1. The number of nitrogens with one attached hydrogen (secondary N) is 1. The van der Waals surface area contributed by atoms with Crippen molar-refractivity contribution in [2.75, 3.05) is 26.9 Å². The number of benzene rings is 4. The van der Waals surface area contributed by atoms with Crippen LogP contribution in [0.25, 0.3) is 43.6 Å². The number of hydrogen-bond acceptors (Lipinski definition) is 22. The number of carboxylic acids is 1. The maximum atomic E-state index is 12.6. The van der Waals surface area contributed by atoms with Crippen molar-refractivity contribution in [1.29, 1.82) is 0 Å². The average molecular weight is 1640 g/mol. The third kappa shape index (κ3) is 30.1. The second kappa shape index (κ2) is 40.6. The van der Waals surface area contributed by atoms with Crippen molar-refractivity contribution in [3.63, 3.8) is 0 Å². The van der Waals surface area contributed by atoms with E-state index in [1.54, 1.807) is 161 Å². The summed E-state index contributed by atoms with van der Waals surface area (Å²) in [5, 5.41) is 36.2. The summed E-state index contributed by atoms with van der Waals surface area (Å²) in [7, 11) is -0.0370. The van der Waals surface area contributed by atoms with Crippen LogP contribution in [-0.2, 0) is 42.6 Å². The van der Waals surface area contributed by atoms with E-state index in [4.69, 9.17) is 53.0 Å². The van der Waals surface area contributed by atoms with Gasteiger partial charge in [0.25, 0.3) is 0 Å². The minimum Gasteiger partial charge on any atom is -0.870 e. The van der Waals surface area contributed by atoms with E-state index < -0.39 is 83.6 Å². The molecule has 3 saturated carbocycles. The van der Waals surface area contributed by atoms with Gasteiger partial charge in [0.2, 0.25) is 0 Å². The topological polar surface area (TPSA) is 378 Å². The number of fused-ring (bicyclic) bond motifs is 4. The first-order valence-electron chi connectivity index (χ1n) is 34.6. The van der Waals surface area contributed by atoms with Crippen molar-refractivity contribution < 1.29 is 141 Å². The minimum atomic E-state index is -1.14. The molecule has 3 fully saturated rings. The second-order valence-corrected chi connectivity index (χ2v) is 31.4. The van der Waals surface area contributed by atoms with Crippen LogP contribution in [0.2, 0.25) is 5.82 Å². The van der Waals surface area contributed by atoms with Gasteiger partial charge in [0.15, 0.2) is 0 Å². The number of carbonyl (C=O) groups excluding carboxylic acids is 8. The van der Waals surface area contributed by atoms with Crippen molar-refractivity contribution in [3.8, 4) is 0 Å². The predicted molar refractivity (Wildman–Crippen MR) is 410 cm³/mol. The standard InChI is InChI=1S/C19H23NO4.C17H19NO4.C16H18BrNO4.C11H10BrNO2.C10H18O5.C3H7BO2.CH4O.Na.H2O/c1-5-23-17(21)16-11-14-10-13(12-6-7-12)8-9-15(14)20(16)18(22)24-19(2,3)4;1-17(2,3)22-16(21)18-13-7-6-11(10-4-5-10)8-12(13)9-14(18)15(19)20;1-5-21-14(19)13-9-10-8-11(17)6-7-12(10)18(13)15(20)22-16(2,3)4;1-2-15-11(14)10-6-7-5-8(12)3-4-9(7)13-10;1-9(2,3)14-7(11)13-8(12)15-10(4,5)6;5-4(6)3-1-2-3;1-2;;/h8-12H,5-7H2,1-4H3;6-10H,4-5H2,1-3H3,(H,19,20);6-9H,5H2,1-4H3;3-6,13H,2H2,1H3;1-6H3;3,5-6H,1-2H2;2H,1H3;;1H2/q;;;;;;;+1;/p-1. The Balaban J connectivity index is 0.000000343. The maximum absolute atomic E-state index is 12.6. The van der Waals surface area contributed by atoms with Gasteiger partial charge in [-0.2, -0.15) is 0 Å². The third-order valence-electron chi connectivity index (χ3n) is 14.5. The van der Waals surface area contributed by atoms with Gasteiger partial charge < -0.3 is 73.4 Å². The van der Waals surface area contributed by atoms with Crippen LogP contribution in [0.5, 0.6) is 0 Å². The number of hydrogen-bond donors (Lipinski definition) is 5. The van der Waals surface area contributed by atoms with E-state index in [0.29, 0.717) is 40.7 Å². The van der Waals surface area contributed by atoms with Crippen LogP contribution in [0.1, 0.15) is 228 Å². The molecule has 0 bridgehead atoms. The molecule has 3 aliphatic rings. The van der Waals surface area contributed by atoms with Crippen LogP contribution in [0.3, 0.4) is 0 Å². The minimum absolute atomic E-state index is 0. The number of rotatable bonds is 10. The zero-order valence-electron chi connectivity index (χ0n) is 65.1. The first kappa shape index (κ1) is 94.1. The van der Waals surface area contributed by atoms with Gasteiger partial charge in [0.05, 0.1) is 36.4 Å². The van der Waals surface area contributed by atoms with E-state index in [9.17, 15) is 48.3 Å². The summed E-state index contributed by atoms with van der Waals surface area (Å²) >= 11 is 6.76. The molecule has 4 aromatic heterocycles. The van der Waals surface area contributed by atoms with Gasteiger partial charge in [0, 0.05) is 43.1 Å². The van der Waals surface area contributed by atoms with Gasteiger partial charge in [-0.3, -0.25) is 0 Å². The average Bonchev–Trinajstić information content (AvgIpc) is 1.63. The molecule has 8 aromatic rings. The molecule has 11 rings (SSSR count). The molecular formula is C77H100BBr2N4NaO23. The quantitative estimate of drug-likeness (QED) is 0.0367. The van der Waals surface area contributed by atoms with Crippen molar-refractivity contribution in [2.45, 2.75) is 209 Å². The number of aromatic carboxylic acids is 1. The predicted octanol–water partition coefficient (Wildman–Crippen LogP) is 14.9. The number of esters is 3. The van der Waals surface area contributed by atoms with Crippen molar-refractivity contribution in [3.05, 3.63) is 140 Å². The van der Waals surface area contributed by atoms with Crippen LogP contribution < -0.4 is 29.6 Å². The zero-order chi connectivity index (χ0) is 79.7. The number of ether oxygens (including phenoxy) is 9. The number of aromatic nitrogens is 4. The summed E-state index contributed by atoms with van der Waals surface area (Å²) in [4.78, 5) is 110. The molecule has 4 aromatic carbocycles. The molecule has 0 unspecified atom stereocenters. The molecule has 0 amide bonds. The number of aliphatic hydroxyl groups excluding tert-OH is 1. The van der Waals surface area contributed by atoms with Gasteiger partial charge in [-0.05, 0) is 264 Å². The number of carboxylic acid groups (broad SMARTS) is 1. The molecule has 108 heavy (non-hydrogen) atoms. The molecule has 6 N–H and O–H groups in total. The fourth-order valence-corrected chi connectivity index (χ4v) is 10.6. The summed E-state index contributed by atoms with van der Waals surface area (Å²) < 4.78 is 50.6. The molecule has 27 nitrogen and oxygen atoms in total. The Labute approximate surface area is 667 Å². The van der Waals surface area contributed by atoms with Crippen LogP contribution >= 0.6 is 31.9 Å². The number of nitrogens with zero attached hydrogens (tertiary/aromatic N) is 3.